The van der Waals surface area contributed by atoms with E-state index < -0.39 is 0 Å². The van der Waals surface area contributed by atoms with E-state index in [1.54, 1.807) is 7.11 Å². The van der Waals surface area contributed by atoms with Gasteiger partial charge >= 0.3 is 0 Å². The fourth-order valence-corrected chi connectivity index (χ4v) is 4.95. The molecular weight excluding hydrogens is 402 g/mol. The average molecular weight is 432 g/mol. The summed E-state index contributed by atoms with van der Waals surface area (Å²) >= 11 is 0. The molecule has 1 N–H and O–H groups in total. The summed E-state index contributed by atoms with van der Waals surface area (Å²) in [7, 11) is 1.76. The number of ether oxygens (including phenoxy) is 1. The number of rotatable bonds is 6. The van der Waals surface area contributed by atoms with Crippen LogP contribution < -0.4 is 0 Å². The van der Waals surface area contributed by atoms with Gasteiger partial charge in [-0.05, 0) is 68.1 Å². The Morgan fingerprint density at radius 1 is 1.06 bits per heavy atom. The van der Waals surface area contributed by atoms with Gasteiger partial charge in [-0.15, -0.1) is 0 Å². The fourth-order valence-electron chi connectivity index (χ4n) is 4.95. The molecule has 0 atom stereocenters. The lowest BCUT2D eigenvalue weighted by Crippen LogP contribution is -2.35. The summed E-state index contributed by atoms with van der Waals surface area (Å²) in [6, 6.07) is 12.7. The topological polar surface area (TPSA) is 71.1 Å². The second-order valence-electron chi connectivity index (χ2n) is 8.65. The maximum absolute atomic E-state index is 9.26. The standard InChI is InChI=1S/C26H29N3O3/c1-31-15-14-29-12-8-18(9-13-29)25-17-23(26(32-25)19-6-10-27-11-7-19)21-2-4-22-20(16-21)3-5-24(22)28-30/h2,4,6-7,10-11,16-18,30H,3,5,8-9,12-15H2,1H3/b28-24+. The minimum absolute atomic E-state index is 0.422. The summed E-state index contributed by atoms with van der Waals surface area (Å²) in [4.78, 5) is 6.64. The van der Waals surface area contributed by atoms with Crippen LogP contribution in [0.2, 0.25) is 0 Å². The van der Waals surface area contributed by atoms with Gasteiger partial charge in [-0.2, -0.15) is 0 Å². The number of hydrogen-bond donors (Lipinski definition) is 1. The van der Waals surface area contributed by atoms with E-state index in [1.807, 2.05) is 24.5 Å². The number of benzene rings is 1. The molecule has 0 amide bonds. The van der Waals surface area contributed by atoms with Crippen LogP contribution in [-0.2, 0) is 11.2 Å². The van der Waals surface area contributed by atoms with Gasteiger partial charge in [0.15, 0.2) is 0 Å². The Balaban J connectivity index is 1.47. The lowest BCUT2D eigenvalue weighted by atomic mass is 9.93. The maximum Gasteiger partial charge on any atom is 0.142 e. The van der Waals surface area contributed by atoms with E-state index in [4.69, 9.17) is 9.15 Å². The zero-order valence-electron chi connectivity index (χ0n) is 18.5. The van der Waals surface area contributed by atoms with E-state index in [0.29, 0.717) is 5.92 Å². The summed E-state index contributed by atoms with van der Waals surface area (Å²) in [6.07, 6.45) is 7.48. The zero-order chi connectivity index (χ0) is 21.9. The maximum atomic E-state index is 9.26. The van der Waals surface area contributed by atoms with Crippen molar-refractivity contribution in [3.05, 3.63) is 65.7 Å². The van der Waals surface area contributed by atoms with Gasteiger partial charge in [-0.25, -0.2) is 0 Å². The van der Waals surface area contributed by atoms with Gasteiger partial charge < -0.3 is 19.3 Å². The molecular formula is C26H29N3O3. The Hall–Kier alpha value is -2.96. The largest absolute Gasteiger partial charge is 0.460 e. The van der Waals surface area contributed by atoms with Crippen LogP contribution in [0, 0.1) is 0 Å². The van der Waals surface area contributed by atoms with Crippen molar-refractivity contribution in [1.29, 1.82) is 0 Å². The molecule has 32 heavy (non-hydrogen) atoms. The van der Waals surface area contributed by atoms with Crippen molar-refractivity contribution >= 4 is 5.71 Å². The number of nitrogens with zero attached hydrogens (tertiary/aromatic N) is 3. The highest BCUT2D eigenvalue weighted by Gasteiger charge is 2.26. The third-order valence-electron chi connectivity index (χ3n) is 6.77. The van der Waals surface area contributed by atoms with Gasteiger partial charge in [0.1, 0.15) is 11.5 Å². The fraction of sp³-hybridized carbons (Fsp3) is 0.385. The summed E-state index contributed by atoms with van der Waals surface area (Å²) < 4.78 is 11.8. The molecule has 1 aromatic carbocycles. The third-order valence-corrected chi connectivity index (χ3v) is 6.77. The first-order chi connectivity index (χ1) is 15.8. The first-order valence-electron chi connectivity index (χ1n) is 11.4. The van der Waals surface area contributed by atoms with Gasteiger partial charge in [0.2, 0.25) is 0 Å². The van der Waals surface area contributed by atoms with Gasteiger partial charge in [0.05, 0.1) is 12.3 Å². The first-order valence-corrected chi connectivity index (χ1v) is 11.4. The number of likely N-dealkylation sites (tertiary alicyclic amines) is 1. The zero-order valence-corrected chi connectivity index (χ0v) is 18.5. The summed E-state index contributed by atoms with van der Waals surface area (Å²) in [6.45, 7) is 3.90. The van der Waals surface area contributed by atoms with Crippen molar-refractivity contribution in [1.82, 2.24) is 9.88 Å². The SMILES string of the molecule is COCCN1CCC(c2cc(-c3ccc4c(c3)CC/C4=N\O)c(-c3ccncc3)o2)CC1. The number of oxime groups is 1. The molecule has 2 aromatic heterocycles. The summed E-state index contributed by atoms with van der Waals surface area (Å²) in [5.74, 6) is 2.39. The number of aromatic nitrogens is 1. The highest BCUT2D eigenvalue weighted by Crippen LogP contribution is 2.41. The number of furan rings is 1. The van der Waals surface area contributed by atoms with Crippen molar-refractivity contribution in [2.45, 2.75) is 31.6 Å². The molecule has 3 aromatic rings. The molecule has 0 spiro atoms. The highest BCUT2D eigenvalue weighted by molar-refractivity contribution is 6.04. The molecule has 0 bridgehead atoms. The Bertz CT molecular complexity index is 1100. The van der Waals surface area contributed by atoms with Crippen molar-refractivity contribution < 1.29 is 14.4 Å². The van der Waals surface area contributed by atoms with Crippen molar-refractivity contribution in [2.75, 3.05) is 33.4 Å². The second kappa shape index (κ2) is 9.27. The van der Waals surface area contributed by atoms with Crippen molar-refractivity contribution in [2.24, 2.45) is 5.16 Å². The number of aryl methyl sites for hydroxylation is 1. The van der Waals surface area contributed by atoms with Crippen LogP contribution in [0.1, 0.15) is 42.1 Å². The smallest absolute Gasteiger partial charge is 0.142 e. The molecule has 1 aliphatic carbocycles. The van der Waals surface area contributed by atoms with E-state index in [2.05, 4.69) is 39.3 Å². The monoisotopic (exact) mass is 431 g/mol. The lowest BCUT2D eigenvalue weighted by molar-refractivity contribution is 0.128. The molecule has 0 radical (unpaired) electrons. The first kappa shape index (κ1) is 20.9. The molecule has 2 aliphatic rings. The van der Waals surface area contributed by atoms with Crippen molar-refractivity contribution in [3.63, 3.8) is 0 Å². The lowest BCUT2D eigenvalue weighted by Gasteiger charge is -2.30. The van der Waals surface area contributed by atoms with Crippen LogP contribution in [-0.4, -0.2) is 54.2 Å². The number of fused-ring (bicyclic) bond motifs is 1. The minimum atomic E-state index is 0.422. The van der Waals surface area contributed by atoms with Crippen LogP contribution in [0.3, 0.4) is 0 Å². The number of pyridine rings is 1. The van der Waals surface area contributed by atoms with E-state index in [0.717, 1.165) is 91.4 Å². The normalized spacial score (nSPS) is 18.3. The van der Waals surface area contributed by atoms with Crippen LogP contribution in [0.4, 0.5) is 0 Å². The Labute approximate surface area is 188 Å². The molecule has 0 saturated carbocycles. The number of methoxy groups -OCH3 is 1. The Morgan fingerprint density at radius 2 is 1.88 bits per heavy atom. The van der Waals surface area contributed by atoms with E-state index >= 15 is 0 Å². The molecule has 6 heteroatoms. The molecule has 5 rings (SSSR count). The van der Waals surface area contributed by atoms with Crippen molar-refractivity contribution in [3.8, 4) is 22.5 Å². The highest BCUT2D eigenvalue weighted by atomic mass is 16.5. The molecule has 0 unspecified atom stereocenters. The summed E-state index contributed by atoms with van der Waals surface area (Å²) in [5, 5.41) is 12.7. The van der Waals surface area contributed by atoms with Crippen LogP contribution in [0.25, 0.3) is 22.5 Å². The Kier molecular flexibility index (Phi) is 6.06. The second-order valence-corrected chi connectivity index (χ2v) is 8.65. The van der Waals surface area contributed by atoms with E-state index in [1.165, 1.54) is 5.56 Å². The molecule has 1 saturated heterocycles. The average Bonchev–Trinajstić information content (AvgIpc) is 3.48. The third kappa shape index (κ3) is 4.08. The van der Waals surface area contributed by atoms with E-state index in [-0.39, 0.29) is 0 Å². The van der Waals surface area contributed by atoms with E-state index in [9.17, 15) is 5.21 Å². The molecule has 3 heterocycles. The van der Waals surface area contributed by atoms with Gasteiger partial charge in [-0.3, -0.25) is 4.98 Å². The Morgan fingerprint density at radius 3 is 2.62 bits per heavy atom. The quantitative estimate of drug-likeness (QED) is 0.441. The van der Waals surface area contributed by atoms with Gasteiger partial charge in [-0.1, -0.05) is 23.4 Å². The minimum Gasteiger partial charge on any atom is -0.460 e. The van der Waals surface area contributed by atoms with Crippen LogP contribution in [0.15, 0.2) is 58.4 Å². The molecule has 6 nitrogen and oxygen atoms in total. The molecule has 1 fully saturated rings. The van der Waals surface area contributed by atoms with Gasteiger partial charge in [0, 0.05) is 48.7 Å². The van der Waals surface area contributed by atoms with Gasteiger partial charge in [0.25, 0.3) is 0 Å². The predicted octanol–water partition coefficient (Wildman–Crippen LogP) is 4.96. The van der Waals surface area contributed by atoms with Crippen LogP contribution in [0.5, 0.6) is 0 Å². The predicted molar refractivity (Wildman–Crippen MR) is 124 cm³/mol. The molecule has 1 aliphatic heterocycles. The number of piperidine rings is 1. The van der Waals surface area contributed by atoms with Crippen LogP contribution >= 0.6 is 0 Å². The molecule has 166 valence electrons. The number of hydrogen-bond acceptors (Lipinski definition) is 6. The summed E-state index contributed by atoms with van der Waals surface area (Å²) in [5.41, 5.74) is 6.34.